The van der Waals surface area contributed by atoms with Gasteiger partial charge < -0.3 is 9.64 Å². The van der Waals surface area contributed by atoms with Crippen molar-refractivity contribution >= 4 is 12.0 Å². The molecule has 0 aliphatic heterocycles. The fraction of sp³-hybridized carbons (Fsp3) is 0.235. The third-order valence-electron chi connectivity index (χ3n) is 3.21. The molecule has 23 heavy (non-hydrogen) atoms. The minimum atomic E-state index is -0.512. The van der Waals surface area contributed by atoms with Crippen molar-refractivity contribution in [1.82, 2.24) is 9.88 Å². The third-order valence-corrected chi connectivity index (χ3v) is 3.21. The molecule has 5 nitrogen and oxygen atoms in total. The van der Waals surface area contributed by atoms with E-state index in [1.165, 1.54) is 12.1 Å². The fourth-order valence-corrected chi connectivity index (χ4v) is 1.74. The van der Waals surface area contributed by atoms with Gasteiger partial charge in [-0.1, -0.05) is 12.1 Å². The smallest absolute Gasteiger partial charge is 0.237 e. The van der Waals surface area contributed by atoms with Gasteiger partial charge in [0.05, 0.1) is 17.7 Å². The van der Waals surface area contributed by atoms with E-state index in [0.717, 1.165) is 6.54 Å². The van der Waals surface area contributed by atoms with Gasteiger partial charge in [0.15, 0.2) is 11.6 Å². The van der Waals surface area contributed by atoms with E-state index in [2.05, 4.69) is 9.98 Å². The zero-order valence-electron chi connectivity index (χ0n) is 13.2. The average molecular weight is 312 g/mol. The molecule has 1 aromatic heterocycles. The lowest BCUT2D eigenvalue weighted by atomic mass is 10.2. The van der Waals surface area contributed by atoms with Crippen molar-refractivity contribution < 1.29 is 9.13 Å². The number of rotatable bonds is 5. The van der Waals surface area contributed by atoms with Crippen LogP contribution in [0.3, 0.4) is 0 Å². The van der Waals surface area contributed by atoms with Gasteiger partial charge in [-0.15, -0.1) is 0 Å². The Bertz CT molecular complexity index is 768. The molecule has 0 unspecified atom stereocenters. The second-order valence-electron chi connectivity index (χ2n) is 4.91. The molecular formula is C17H17FN4O. The number of benzene rings is 1. The summed E-state index contributed by atoms with van der Waals surface area (Å²) in [5.74, 6) is -0.418. The van der Waals surface area contributed by atoms with Crippen LogP contribution >= 0.6 is 0 Å². The lowest BCUT2D eigenvalue weighted by Crippen LogP contribution is -2.14. The standard InChI is InChI=1S/C17H17FN4O/c1-4-22(3)11-20-15-9-13(10-19)17(21-12(15)2)23-16-8-6-5-7-14(16)18/h5-9,11H,4H2,1-3H3/b20-11+. The molecule has 0 saturated carbocycles. The molecule has 0 atom stereocenters. The number of ether oxygens (including phenoxy) is 1. The van der Waals surface area contributed by atoms with Gasteiger partial charge >= 0.3 is 0 Å². The second kappa shape index (κ2) is 7.36. The van der Waals surface area contributed by atoms with Crippen LogP contribution in [-0.4, -0.2) is 29.8 Å². The SMILES string of the molecule is CCN(C)/C=N/c1cc(C#N)c(Oc2ccccc2F)nc1C. The minimum absolute atomic E-state index is 0.0258. The minimum Gasteiger partial charge on any atom is -0.435 e. The highest BCUT2D eigenvalue weighted by atomic mass is 19.1. The number of nitrogens with zero attached hydrogens (tertiary/aromatic N) is 4. The predicted octanol–water partition coefficient (Wildman–Crippen LogP) is 3.80. The topological polar surface area (TPSA) is 61.5 Å². The molecule has 6 heteroatoms. The maximum Gasteiger partial charge on any atom is 0.237 e. The van der Waals surface area contributed by atoms with Crippen LogP contribution in [0.15, 0.2) is 35.3 Å². The highest BCUT2D eigenvalue weighted by Gasteiger charge is 2.13. The van der Waals surface area contributed by atoms with E-state index in [1.54, 1.807) is 31.5 Å². The van der Waals surface area contributed by atoms with Crippen LogP contribution in [0.5, 0.6) is 11.6 Å². The summed E-state index contributed by atoms with van der Waals surface area (Å²) >= 11 is 0. The summed E-state index contributed by atoms with van der Waals surface area (Å²) in [5.41, 5.74) is 1.36. The first-order valence-corrected chi connectivity index (χ1v) is 7.13. The van der Waals surface area contributed by atoms with E-state index < -0.39 is 5.82 Å². The summed E-state index contributed by atoms with van der Waals surface area (Å²) in [4.78, 5) is 10.4. The average Bonchev–Trinajstić information content (AvgIpc) is 2.55. The second-order valence-corrected chi connectivity index (χ2v) is 4.91. The first-order chi connectivity index (χ1) is 11.0. The van der Waals surface area contributed by atoms with Crippen molar-refractivity contribution in [1.29, 1.82) is 5.26 Å². The van der Waals surface area contributed by atoms with Crippen LogP contribution in [-0.2, 0) is 0 Å². The van der Waals surface area contributed by atoms with Gasteiger partial charge in [0.2, 0.25) is 5.88 Å². The molecule has 0 radical (unpaired) electrons. The molecule has 0 spiro atoms. The van der Waals surface area contributed by atoms with E-state index in [4.69, 9.17) is 4.74 Å². The number of hydrogen-bond donors (Lipinski definition) is 0. The Balaban J connectivity index is 2.36. The Morgan fingerprint density at radius 3 is 2.83 bits per heavy atom. The molecule has 0 aliphatic carbocycles. The molecule has 0 fully saturated rings. The van der Waals surface area contributed by atoms with E-state index >= 15 is 0 Å². The van der Waals surface area contributed by atoms with Gasteiger partial charge in [0.25, 0.3) is 0 Å². The van der Waals surface area contributed by atoms with E-state index in [-0.39, 0.29) is 17.2 Å². The first kappa shape index (κ1) is 16.4. The molecule has 0 bridgehead atoms. The molecule has 2 rings (SSSR count). The van der Waals surface area contributed by atoms with Crippen molar-refractivity contribution in [3.8, 4) is 17.7 Å². The summed E-state index contributed by atoms with van der Waals surface area (Å²) in [6.45, 7) is 4.58. The number of pyridine rings is 1. The molecule has 0 amide bonds. The number of aliphatic imine (C=N–C) groups is 1. The Hall–Kier alpha value is -2.94. The molecule has 0 saturated heterocycles. The maximum absolute atomic E-state index is 13.7. The molecular weight excluding hydrogens is 295 g/mol. The number of aryl methyl sites for hydroxylation is 1. The number of aromatic nitrogens is 1. The van der Waals surface area contributed by atoms with E-state index in [0.29, 0.717) is 11.4 Å². The summed E-state index contributed by atoms with van der Waals surface area (Å²) < 4.78 is 19.1. The Kier molecular flexibility index (Phi) is 5.26. The highest BCUT2D eigenvalue weighted by Crippen LogP contribution is 2.29. The van der Waals surface area contributed by atoms with Crippen molar-refractivity contribution in [3.05, 3.63) is 47.4 Å². The first-order valence-electron chi connectivity index (χ1n) is 7.13. The van der Waals surface area contributed by atoms with Crippen LogP contribution < -0.4 is 4.74 Å². The highest BCUT2D eigenvalue weighted by molar-refractivity contribution is 5.64. The van der Waals surface area contributed by atoms with Crippen molar-refractivity contribution in [3.63, 3.8) is 0 Å². The van der Waals surface area contributed by atoms with Crippen LogP contribution in [0.4, 0.5) is 10.1 Å². The van der Waals surface area contributed by atoms with Gasteiger partial charge in [0, 0.05) is 13.6 Å². The predicted molar refractivity (Wildman–Crippen MR) is 86.6 cm³/mol. The van der Waals surface area contributed by atoms with Crippen molar-refractivity contribution in [2.75, 3.05) is 13.6 Å². The number of halogens is 1. The zero-order chi connectivity index (χ0) is 16.8. The van der Waals surface area contributed by atoms with Crippen LogP contribution in [0.2, 0.25) is 0 Å². The Morgan fingerprint density at radius 2 is 2.17 bits per heavy atom. The Labute approximate surface area is 134 Å². The van der Waals surface area contributed by atoms with Crippen molar-refractivity contribution in [2.24, 2.45) is 4.99 Å². The maximum atomic E-state index is 13.7. The fourth-order valence-electron chi connectivity index (χ4n) is 1.74. The van der Waals surface area contributed by atoms with E-state index in [9.17, 15) is 9.65 Å². The summed E-state index contributed by atoms with van der Waals surface area (Å²) in [5, 5.41) is 9.28. The van der Waals surface area contributed by atoms with Gasteiger partial charge in [0.1, 0.15) is 11.6 Å². The van der Waals surface area contributed by atoms with Crippen molar-refractivity contribution in [2.45, 2.75) is 13.8 Å². The quantitative estimate of drug-likeness (QED) is 0.622. The lowest BCUT2D eigenvalue weighted by Gasteiger charge is -2.11. The largest absolute Gasteiger partial charge is 0.435 e. The monoisotopic (exact) mass is 312 g/mol. The molecule has 2 aromatic rings. The lowest BCUT2D eigenvalue weighted by molar-refractivity contribution is 0.425. The third kappa shape index (κ3) is 4.04. The number of para-hydroxylation sites is 1. The summed E-state index contributed by atoms with van der Waals surface area (Å²) in [6, 6.07) is 9.57. The van der Waals surface area contributed by atoms with Crippen LogP contribution in [0.25, 0.3) is 0 Å². The Morgan fingerprint density at radius 1 is 1.43 bits per heavy atom. The molecule has 0 aliphatic rings. The van der Waals surface area contributed by atoms with Gasteiger partial charge in [-0.05, 0) is 32.0 Å². The van der Waals surface area contributed by atoms with Gasteiger partial charge in [-0.2, -0.15) is 5.26 Å². The van der Waals surface area contributed by atoms with Crippen LogP contribution in [0, 0.1) is 24.1 Å². The van der Waals surface area contributed by atoms with Crippen LogP contribution in [0.1, 0.15) is 18.2 Å². The summed E-state index contributed by atoms with van der Waals surface area (Å²) in [6.07, 6.45) is 1.67. The summed E-state index contributed by atoms with van der Waals surface area (Å²) in [7, 11) is 1.90. The zero-order valence-corrected chi connectivity index (χ0v) is 13.2. The molecule has 118 valence electrons. The molecule has 0 N–H and O–H groups in total. The molecule has 1 heterocycles. The normalized spacial score (nSPS) is 10.6. The van der Waals surface area contributed by atoms with Gasteiger partial charge in [-0.25, -0.2) is 14.4 Å². The molecule has 1 aromatic carbocycles. The van der Waals surface area contributed by atoms with Gasteiger partial charge in [-0.3, -0.25) is 0 Å². The number of hydrogen-bond acceptors (Lipinski definition) is 4. The number of nitriles is 1. The van der Waals surface area contributed by atoms with E-state index in [1.807, 2.05) is 24.9 Å².